The van der Waals surface area contributed by atoms with Gasteiger partial charge in [0, 0.05) is 25.2 Å². The van der Waals surface area contributed by atoms with E-state index in [2.05, 4.69) is 11.8 Å². The van der Waals surface area contributed by atoms with E-state index in [0.29, 0.717) is 13.2 Å². The number of ether oxygens (including phenoxy) is 2. The van der Waals surface area contributed by atoms with Crippen LogP contribution >= 0.6 is 0 Å². The second kappa shape index (κ2) is 6.62. The molecule has 0 aromatic heterocycles. The molecule has 1 aromatic carbocycles. The quantitative estimate of drug-likeness (QED) is 0.609. The molecule has 2 rings (SSSR count). The fourth-order valence-electron chi connectivity index (χ4n) is 2.08. The van der Waals surface area contributed by atoms with E-state index in [9.17, 15) is 14.5 Å². The molecular formula is C13H17FN2O4. The lowest BCUT2D eigenvalue weighted by Crippen LogP contribution is -2.44. The standard InChI is InChI=1S/C13H17FN2O4/c1-2-15-5-6-19-11(8-15)9-20-10-3-4-13(16(17)18)12(14)7-10/h3-4,7,11H,2,5-6,8-9H2,1H3. The average Bonchev–Trinajstić information content (AvgIpc) is 2.45. The molecule has 20 heavy (non-hydrogen) atoms. The summed E-state index contributed by atoms with van der Waals surface area (Å²) in [5, 5.41) is 10.5. The number of morpholine rings is 1. The van der Waals surface area contributed by atoms with Crippen LogP contribution in [-0.4, -0.2) is 48.8 Å². The van der Waals surface area contributed by atoms with Gasteiger partial charge in [0.2, 0.25) is 5.82 Å². The van der Waals surface area contributed by atoms with E-state index in [4.69, 9.17) is 9.47 Å². The van der Waals surface area contributed by atoms with Crippen LogP contribution in [0.3, 0.4) is 0 Å². The molecule has 0 saturated carbocycles. The summed E-state index contributed by atoms with van der Waals surface area (Å²) in [6, 6.07) is 3.52. The van der Waals surface area contributed by atoms with Gasteiger partial charge in [0.1, 0.15) is 18.5 Å². The van der Waals surface area contributed by atoms with Crippen LogP contribution in [0.25, 0.3) is 0 Å². The maximum absolute atomic E-state index is 13.4. The van der Waals surface area contributed by atoms with Crippen LogP contribution in [-0.2, 0) is 4.74 Å². The van der Waals surface area contributed by atoms with Crippen molar-refractivity contribution in [2.24, 2.45) is 0 Å². The van der Waals surface area contributed by atoms with Crippen LogP contribution in [0.5, 0.6) is 5.75 Å². The number of nitro benzene ring substituents is 1. The van der Waals surface area contributed by atoms with E-state index in [1.807, 2.05) is 0 Å². The third-order valence-corrected chi connectivity index (χ3v) is 3.22. The molecule has 1 aromatic rings. The minimum absolute atomic E-state index is 0.0676. The first-order valence-corrected chi connectivity index (χ1v) is 6.51. The summed E-state index contributed by atoms with van der Waals surface area (Å²) in [7, 11) is 0. The van der Waals surface area contributed by atoms with E-state index in [1.54, 1.807) is 0 Å². The highest BCUT2D eigenvalue weighted by atomic mass is 19.1. The van der Waals surface area contributed by atoms with Crippen LogP contribution in [0.15, 0.2) is 18.2 Å². The Morgan fingerprint density at radius 3 is 3.05 bits per heavy atom. The second-order valence-corrected chi connectivity index (χ2v) is 4.57. The molecule has 1 heterocycles. The first-order chi connectivity index (χ1) is 9.60. The van der Waals surface area contributed by atoms with Gasteiger partial charge in [0.15, 0.2) is 0 Å². The average molecular weight is 284 g/mol. The Labute approximate surface area is 116 Å². The molecule has 110 valence electrons. The summed E-state index contributed by atoms with van der Waals surface area (Å²) >= 11 is 0. The fraction of sp³-hybridized carbons (Fsp3) is 0.538. The largest absolute Gasteiger partial charge is 0.491 e. The number of nitro groups is 1. The maximum atomic E-state index is 13.4. The molecule has 1 aliphatic rings. The molecule has 1 fully saturated rings. The molecule has 0 bridgehead atoms. The van der Waals surface area contributed by atoms with Gasteiger partial charge >= 0.3 is 5.69 Å². The van der Waals surface area contributed by atoms with Crippen molar-refractivity contribution >= 4 is 5.69 Å². The molecule has 0 amide bonds. The zero-order valence-electron chi connectivity index (χ0n) is 11.3. The van der Waals surface area contributed by atoms with Crippen molar-refractivity contribution in [3.8, 4) is 5.75 Å². The molecule has 1 saturated heterocycles. The Morgan fingerprint density at radius 1 is 1.60 bits per heavy atom. The number of hydrogen-bond donors (Lipinski definition) is 0. The van der Waals surface area contributed by atoms with Gasteiger partial charge in [-0.2, -0.15) is 4.39 Å². The Bertz CT molecular complexity index is 483. The van der Waals surface area contributed by atoms with Crippen molar-refractivity contribution in [1.29, 1.82) is 0 Å². The number of rotatable bonds is 5. The lowest BCUT2D eigenvalue weighted by atomic mass is 10.2. The molecule has 0 spiro atoms. The summed E-state index contributed by atoms with van der Waals surface area (Å²) in [6.07, 6.45) is -0.0676. The predicted octanol–water partition coefficient (Wildman–Crippen LogP) is 1.83. The minimum Gasteiger partial charge on any atom is -0.491 e. The predicted molar refractivity (Wildman–Crippen MR) is 70.4 cm³/mol. The number of likely N-dealkylation sites (N-methyl/N-ethyl adjacent to an activating group) is 1. The molecule has 1 aliphatic heterocycles. The molecule has 0 N–H and O–H groups in total. The smallest absolute Gasteiger partial charge is 0.305 e. The fourth-order valence-corrected chi connectivity index (χ4v) is 2.08. The van der Waals surface area contributed by atoms with Gasteiger partial charge in [0.05, 0.1) is 11.5 Å². The monoisotopic (exact) mass is 284 g/mol. The number of hydrogen-bond acceptors (Lipinski definition) is 5. The summed E-state index contributed by atoms with van der Waals surface area (Å²) in [6.45, 7) is 5.65. The van der Waals surface area contributed by atoms with Crippen molar-refractivity contribution < 1.29 is 18.8 Å². The van der Waals surface area contributed by atoms with Crippen LogP contribution < -0.4 is 4.74 Å². The highest BCUT2D eigenvalue weighted by Crippen LogP contribution is 2.22. The van der Waals surface area contributed by atoms with Crippen molar-refractivity contribution in [2.75, 3.05) is 32.8 Å². The Kier molecular flexibility index (Phi) is 4.86. The van der Waals surface area contributed by atoms with Gasteiger partial charge in [-0.3, -0.25) is 15.0 Å². The molecule has 0 aliphatic carbocycles. The third kappa shape index (κ3) is 3.64. The van der Waals surface area contributed by atoms with E-state index in [-0.39, 0.29) is 11.9 Å². The van der Waals surface area contributed by atoms with Crippen LogP contribution in [0.1, 0.15) is 6.92 Å². The Morgan fingerprint density at radius 2 is 2.40 bits per heavy atom. The molecular weight excluding hydrogens is 267 g/mol. The van der Waals surface area contributed by atoms with E-state index in [1.165, 1.54) is 6.07 Å². The minimum atomic E-state index is -0.896. The van der Waals surface area contributed by atoms with Gasteiger partial charge in [0.25, 0.3) is 0 Å². The molecule has 6 nitrogen and oxygen atoms in total. The molecule has 1 unspecified atom stereocenters. The Balaban J connectivity index is 1.91. The number of halogens is 1. The zero-order valence-corrected chi connectivity index (χ0v) is 11.3. The van der Waals surface area contributed by atoms with Crippen LogP contribution in [0, 0.1) is 15.9 Å². The van der Waals surface area contributed by atoms with Crippen LogP contribution in [0.4, 0.5) is 10.1 Å². The highest BCUT2D eigenvalue weighted by Gasteiger charge is 2.20. The first-order valence-electron chi connectivity index (χ1n) is 6.51. The van der Waals surface area contributed by atoms with E-state index in [0.717, 1.165) is 31.8 Å². The number of nitrogens with zero attached hydrogens (tertiary/aromatic N) is 2. The van der Waals surface area contributed by atoms with Gasteiger partial charge in [-0.05, 0) is 12.6 Å². The summed E-state index contributed by atoms with van der Waals surface area (Å²) in [5.74, 6) is -0.627. The van der Waals surface area contributed by atoms with E-state index < -0.39 is 16.4 Å². The lowest BCUT2D eigenvalue weighted by molar-refractivity contribution is -0.387. The molecule has 0 radical (unpaired) electrons. The van der Waals surface area contributed by atoms with Crippen molar-refractivity contribution in [1.82, 2.24) is 4.90 Å². The van der Waals surface area contributed by atoms with Gasteiger partial charge in [-0.25, -0.2) is 0 Å². The Hall–Kier alpha value is -1.73. The topological polar surface area (TPSA) is 64.8 Å². The van der Waals surface area contributed by atoms with E-state index >= 15 is 0 Å². The van der Waals surface area contributed by atoms with Crippen molar-refractivity contribution in [3.63, 3.8) is 0 Å². The first kappa shape index (κ1) is 14.7. The van der Waals surface area contributed by atoms with Crippen LogP contribution in [0.2, 0.25) is 0 Å². The SMILES string of the molecule is CCN1CCOC(COc2ccc([N+](=O)[O-])c(F)c2)C1. The normalized spacial score (nSPS) is 19.8. The third-order valence-electron chi connectivity index (χ3n) is 3.22. The van der Waals surface area contributed by atoms with Crippen molar-refractivity contribution in [3.05, 3.63) is 34.1 Å². The van der Waals surface area contributed by atoms with Gasteiger partial charge in [-0.1, -0.05) is 6.92 Å². The van der Waals surface area contributed by atoms with Gasteiger partial charge in [-0.15, -0.1) is 0 Å². The lowest BCUT2D eigenvalue weighted by Gasteiger charge is -2.31. The highest BCUT2D eigenvalue weighted by molar-refractivity contribution is 5.37. The summed E-state index contributed by atoms with van der Waals surface area (Å²) < 4.78 is 24.4. The van der Waals surface area contributed by atoms with Gasteiger partial charge < -0.3 is 9.47 Å². The maximum Gasteiger partial charge on any atom is 0.305 e. The number of benzene rings is 1. The summed E-state index contributed by atoms with van der Waals surface area (Å²) in [4.78, 5) is 12.0. The molecule has 7 heteroatoms. The second-order valence-electron chi connectivity index (χ2n) is 4.57. The summed E-state index contributed by atoms with van der Waals surface area (Å²) in [5.41, 5.74) is -0.552. The molecule has 1 atom stereocenters. The zero-order chi connectivity index (χ0) is 14.5. The van der Waals surface area contributed by atoms with Crippen molar-refractivity contribution in [2.45, 2.75) is 13.0 Å².